The van der Waals surface area contributed by atoms with Crippen molar-refractivity contribution in [1.29, 1.82) is 5.26 Å². The van der Waals surface area contributed by atoms with Gasteiger partial charge in [-0.25, -0.2) is 9.67 Å². The molecule has 0 amide bonds. The van der Waals surface area contributed by atoms with Gasteiger partial charge in [-0.2, -0.15) is 5.26 Å². The number of nitrogens with zero attached hydrogens (tertiary/aromatic N) is 4. The Kier molecular flexibility index (Phi) is 3.20. The minimum absolute atomic E-state index is 0.0365. The second-order valence-electron chi connectivity index (χ2n) is 4.12. The fourth-order valence-corrected chi connectivity index (χ4v) is 1.69. The van der Waals surface area contributed by atoms with Gasteiger partial charge in [0.1, 0.15) is 18.9 Å². The van der Waals surface area contributed by atoms with E-state index in [4.69, 9.17) is 5.26 Å². The van der Waals surface area contributed by atoms with Crippen molar-refractivity contribution in [3.05, 3.63) is 47.0 Å². The van der Waals surface area contributed by atoms with Gasteiger partial charge in [-0.05, 0) is 25.5 Å². The van der Waals surface area contributed by atoms with Crippen LogP contribution < -0.4 is 0 Å². The molecule has 90 valence electrons. The Balaban J connectivity index is 2.22. The monoisotopic (exact) mass is 240 g/mol. The molecule has 2 rings (SSSR count). The van der Waals surface area contributed by atoms with Crippen LogP contribution in [0.1, 0.15) is 27.3 Å². The Morgan fingerprint density at radius 3 is 2.89 bits per heavy atom. The van der Waals surface area contributed by atoms with Crippen LogP contribution >= 0.6 is 0 Å². The SMILES string of the molecule is Cc1ccc(C)c(C(=O)Cn2cnc(C#N)n2)c1. The first-order valence-corrected chi connectivity index (χ1v) is 5.50. The van der Waals surface area contributed by atoms with E-state index in [1.807, 2.05) is 38.1 Å². The number of hydrogen-bond acceptors (Lipinski definition) is 4. The Morgan fingerprint density at radius 1 is 1.44 bits per heavy atom. The van der Waals surface area contributed by atoms with Crippen LogP contribution in [0.15, 0.2) is 24.5 Å². The maximum atomic E-state index is 12.1. The molecule has 0 spiro atoms. The second kappa shape index (κ2) is 4.80. The van der Waals surface area contributed by atoms with Crippen LogP contribution in [0.4, 0.5) is 0 Å². The number of Topliss-reactive ketones (excluding diaryl/α,β-unsaturated/α-hetero) is 1. The van der Waals surface area contributed by atoms with Crippen molar-refractivity contribution in [3.63, 3.8) is 0 Å². The van der Waals surface area contributed by atoms with Crippen molar-refractivity contribution in [2.45, 2.75) is 20.4 Å². The molecule has 0 aliphatic carbocycles. The average molecular weight is 240 g/mol. The lowest BCUT2D eigenvalue weighted by Crippen LogP contribution is -2.12. The average Bonchev–Trinajstić information content (AvgIpc) is 2.80. The van der Waals surface area contributed by atoms with E-state index in [2.05, 4.69) is 10.1 Å². The molecule has 1 heterocycles. The molecular formula is C13H12N4O. The summed E-state index contributed by atoms with van der Waals surface area (Å²) < 4.78 is 1.38. The molecule has 0 N–H and O–H groups in total. The van der Waals surface area contributed by atoms with Crippen LogP contribution in [0.2, 0.25) is 0 Å². The van der Waals surface area contributed by atoms with E-state index >= 15 is 0 Å². The normalized spacial score (nSPS) is 10.1. The third-order valence-electron chi connectivity index (χ3n) is 2.64. The van der Waals surface area contributed by atoms with Gasteiger partial charge in [0.2, 0.25) is 0 Å². The maximum Gasteiger partial charge on any atom is 0.252 e. The molecule has 0 aliphatic heterocycles. The Hall–Kier alpha value is -2.48. The summed E-state index contributed by atoms with van der Waals surface area (Å²) in [7, 11) is 0. The number of ketones is 1. The van der Waals surface area contributed by atoms with Crippen molar-refractivity contribution in [2.75, 3.05) is 0 Å². The van der Waals surface area contributed by atoms with Crippen molar-refractivity contribution in [1.82, 2.24) is 14.8 Å². The Morgan fingerprint density at radius 2 is 2.22 bits per heavy atom. The Bertz CT molecular complexity index is 637. The predicted octanol–water partition coefficient (Wildman–Crippen LogP) is 1.65. The number of aromatic nitrogens is 3. The lowest BCUT2D eigenvalue weighted by Gasteiger charge is -2.05. The molecular weight excluding hydrogens is 228 g/mol. The number of carbonyl (C=O) groups is 1. The summed E-state index contributed by atoms with van der Waals surface area (Å²) in [6.45, 7) is 3.94. The molecule has 0 fully saturated rings. The summed E-state index contributed by atoms with van der Waals surface area (Å²) in [4.78, 5) is 15.9. The van der Waals surface area contributed by atoms with Gasteiger partial charge in [-0.3, -0.25) is 4.79 Å². The summed E-state index contributed by atoms with van der Waals surface area (Å²) in [5.74, 6) is 0.0364. The van der Waals surface area contributed by atoms with E-state index in [1.165, 1.54) is 11.0 Å². The minimum Gasteiger partial charge on any atom is -0.292 e. The number of hydrogen-bond donors (Lipinski definition) is 0. The van der Waals surface area contributed by atoms with Gasteiger partial charge in [0.25, 0.3) is 5.82 Å². The predicted molar refractivity (Wildman–Crippen MR) is 65.0 cm³/mol. The van der Waals surface area contributed by atoms with E-state index < -0.39 is 0 Å². The maximum absolute atomic E-state index is 12.1. The molecule has 18 heavy (non-hydrogen) atoms. The van der Waals surface area contributed by atoms with Crippen molar-refractivity contribution in [3.8, 4) is 6.07 Å². The van der Waals surface area contributed by atoms with Crippen LogP contribution in [0.5, 0.6) is 0 Å². The van der Waals surface area contributed by atoms with Crippen LogP contribution in [-0.2, 0) is 6.54 Å². The molecule has 0 atom stereocenters. The van der Waals surface area contributed by atoms with Gasteiger partial charge >= 0.3 is 0 Å². The highest BCUT2D eigenvalue weighted by Crippen LogP contribution is 2.12. The van der Waals surface area contributed by atoms with E-state index in [0.29, 0.717) is 5.56 Å². The zero-order valence-corrected chi connectivity index (χ0v) is 10.2. The molecule has 0 radical (unpaired) electrons. The van der Waals surface area contributed by atoms with Crippen molar-refractivity contribution < 1.29 is 4.79 Å². The van der Waals surface area contributed by atoms with E-state index in [9.17, 15) is 4.79 Å². The molecule has 1 aromatic carbocycles. The number of rotatable bonds is 3. The highest BCUT2D eigenvalue weighted by Gasteiger charge is 2.11. The van der Waals surface area contributed by atoms with Gasteiger partial charge in [-0.1, -0.05) is 17.7 Å². The zero-order valence-electron chi connectivity index (χ0n) is 10.2. The summed E-state index contributed by atoms with van der Waals surface area (Å²) in [6.07, 6.45) is 1.39. The Labute approximate surface area is 105 Å². The van der Waals surface area contributed by atoms with Crippen LogP contribution in [0.25, 0.3) is 0 Å². The molecule has 0 unspecified atom stereocenters. The first kappa shape index (κ1) is 12.0. The molecule has 1 aromatic heterocycles. The lowest BCUT2D eigenvalue weighted by atomic mass is 10.0. The smallest absolute Gasteiger partial charge is 0.252 e. The standard InChI is InChI=1S/C13H12N4O/c1-9-3-4-10(2)11(5-9)12(18)7-17-8-15-13(6-14)16-17/h3-5,8H,7H2,1-2H3. The molecule has 0 bridgehead atoms. The molecule has 5 nitrogen and oxygen atoms in total. The van der Waals surface area contributed by atoms with Gasteiger partial charge < -0.3 is 0 Å². The number of nitriles is 1. The number of aryl methyl sites for hydroxylation is 2. The van der Waals surface area contributed by atoms with Gasteiger partial charge in [0, 0.05) is 5.56 Å². The van der Waals surface area contributed by atoms with Crippen LogP contribution in [-0.4, -0.2) is 20.5 Å². The first-order valence-electron chi connectivity index (χ1n) is 5.50. The number of benzene rings is 1. The molecule has 0 saturated heterocycles. The molecule has 0 saturated carbocycles. The van der Waals surface area contributed by atoms with E-state index in [1.54, 1.807) is 0 Å². The number of carbonyl (C=O) groups excluding carboxylic acids is 1. The largest absolute Gasteiger partial charge is 0.292 e. The zero-order chi connectivity index (χ0) is 13.1. The summed E-state index contributed by atoms with van der Waals surface area (Å²) >= 11 is 0. The van der Waals surface area contributed by atoms with Gasteiger partial charge in [-0.15, -0.1) is 5.10 Å². The summed E-state index contributed by atoms with van der Waals surface area (Å²) in [6, 6.07) is 7.58. The van der Waals surface area contributed by atoms with Crippen molar-refractivity contribution in [2.24, 2.45) is 0 Å². The third kappa shape index (κ3) is 2.43. The molecule has 5 heteroatoms. The van der Waals surface area contributed by atoms with Crippen LogP contribution in [0.3, 0.4) is 0 Å². The lowest BCUT2D eigenvalue weighted by molar-refractivity contribution is 0.0967. The second-order valence-corrected chi connectivity index (χ2v) is 4.12. The van der Waals surface area contributed by atoms with Gasteiger partial charge in [0.15, 0.2) is 5.78 Å². The molecule has 2 aromatic rings. The first-order chi connectivity index (χ1) is 8.60. The van der Waals surface area contributed by atoms with E-state index in [-0.39, 0.29) is 18.2 Å². The third-order valence-corrected chi connectivity index (χ3v) is 2.64. The quantitative estimate of drug-likeness (QED) is 0.765. The topological polar surface area (TPSA) is 71.6 Å². The van der Waals surface area contributed by atoms with Crippen LogP contribution in [0, 0.1) is 25.2 Å². The van der Waals surface area contributed by atoms with Gasteiger partial charge in [0.05, 0.1) is 0 Å². The minimum atomic E-state index is -0.0365. The summed E-state index contributed by atoms with van der Waals surface area (Å²) in [5, 5.41) is 12.5. The fourth-order valence-electron chi connectivity index (χ4n) is 1.69. The summed E-state index contributed by atoms with van der Waals surface area (Å²) in [5.41, 5.74) is 2.66. The highest BCUT2D eigenvalue weighted by molar-refractivity contribution is 5.97. The van der Waals surface area contributed by atoms with Crippen molar-refractivity contribution >= 4 is 5.78 Å². The highest BCUT2D eigenvalue weighted by atomic mass is 16.1. The molecule has 0 aliphatic rings. The van der Waals surface area contributed by atoms with E-state index in [0.717, 1.165) is 11.1 Å². The fraction of sp³-hybridized carbons (Fsp3) is 0.231.